The molecule has 82 valence electrons. The van der Waals surface area contributed by atoms with Crippen LogP contribution >= 0.6 is 23.2 Å². The molecule has 0 amide bonds. The molecule has 2 atom stereocenters. The van der Waals surface area contributed by atoms with Crippen molar-refractivity contribution in [3.63, 3.8) is 0 Å². The number of nitrogens with zero attached hydrogens (tertiary/aromatic N) is 1. The van der Waals surface area contributed by atoms with Crippen molar-refractivity contribution in [1.82, 2.24) is 4.90 Å². The Balaban J connectivity index is 2.40. The van der Waals surface area contributed by atoms with Gasteiger partial charge in [0, 0.05) is 29.7 Å². The van der Waals surface area contributed by atoms with Crippen molar-refractivity contribution in [1.29, 1.82) is 0 Å². The van der Waals surface area contributed by atoms with Crippen molar-refractivity contribution >= 4 is 23.2 Å². The molecule has 0 aromatic heterocycles. The van der Waals surface area contributed by atoms with Crippen molar-refractivity contribution in [2.45, 2.75) is 25.8 Å². The molecule has 0 aromatic carbocycles. The molecule has 2 N–H and O–H groups in total. The first kappa shape index (κ1) is 12.3. The minimum absolute atomic E-state index is 0.275. The summed E-state index contributed by atoms with van der Waals surface area (Å²) in [4.78, 5) is 2.32. The Hall–Kier alpha value is 0.240. The van der Waals surface area contributed by atoms with E-state index in [-0.39, 0.29) is 6.04 Å². The number of likely N-dealkylation sites (tertiary alicyclic amines) is 1. The summed E-state index contributed by atoms with van der Waals surface area (Å²) in [7, 11) is 0. The van der Waals surface area contributed by atoms with Crippen LogP contribution in [-0.2, 0) is 0 Å². The summed E-state index contributed by atoms with van der Waals surface area (Å²) in [5, 5.41) is 0.706. The molecule has 0 aromatic rings. The smallest absolute Gasteiger partial charge is 0.0434 e. The first-order chi connectivity index (χ1) is 6.63. The van der Waals surface area contributed by atoms with Gasteiger partial charge in [-0.1, -0.05) is 23.2 Å². The molecule has 0 radical (unpaired) electrons. The van der Waals surface area contributed by atoms with E-state index in [1.54, 1.807) is 0 Å². The Labute approximate surface area is 96.0 Å². The molecule has 2 nitrogen and oxygen atoms in total. The zero-order valence-corrected chi connectivity index (χ0v) is 10.1. The Morgan fingerprint density at radius 3 is 3.00 bits per heavy atom. The van der Waals surface area contributed by atoms with Gasteiger partial charge in [0.15, 0.2) is 0 Å². The molecule has 0 saturated carbocycles. The fourth-order valence-electron chi connectivity index (χ4n) is 1.91. The Morgan fingerprint density at radius 2 is 2.43 bits per heavy atom. The summed E-state index contributed by atoms with van der Waals surface area (Å²) >= 11 is 11.4. The fraction of sp³-hybridized carbons (Fsp3) is 0.800. The van der Waals surface area contributed by atoms with Gasteiger partial charge in [-0.2, -0.15) is 0 Å². The van der Waals surface area contributed by atoms with Gasteiger partial charge < -0.3 is 5.73 Å². The molecule has 14 heavy (non-hydrogen) atoms. The zero-order valence-electron chi connectivity index (χ0n) is 8.55. The maximum atomic E-state index is 5.89. The lowest BCUT2D eigenvalue weighted by Crippen LogP contribution is -2.42. The van der Waals surface area contributed by atoms with Crippen molar-refractivity contribution in [2.24, 2.45) is 11.7 Å². The molecule has 1 rings (SSSR count). The second kappa shape index (κ2) is 5.96. The average molecular weight is 237 g/mol. The number of hydrogen-bond acceptors (Lipinski definition) is 2. The standard InChI is InChI=1S/C10H18Cl2N2/c1-8(13)9-3-2-4-14(6-9)7-10(12)5-11/h5,8-9H,2-4,6-7,13H2,1H3/b10-5-. The van der Waals surface area contributed by atoms with Crippen LogP contribution in [0.4, 0.5) is 0 Å². The van der Waals surface area contributed by atoms with Crippen LogP contribution in [0.15, 0.2) is 10.6 Å². The van der Waals surface area contributed by atoms with Gasteiger partial charge in [-0.3, -0.25) is 4.90 Å². The van der Waals surface area contributed by atoms with Crippen molar-refractivity contribution in [2.75, 3.05) is 19.6 Å². The lowest BCUT2D eigenvalue weighted by molar-refractivity contribution is 0.174. The fourth-order valence-corrected chi connectivity index (χ4v) is 2.15. The normalized spacial score (nSPS) is 27.7. The number of halogens is 2. The van der Waals surface area contributed by atoms with E-state index < -0.39 is 0 Å². The van der Waals surface area contributed by atoms with E-state index in [4.69, 9.17) is 28.9 Å². The predicted molar refractivity (Wildman–Crippen MR) is 62.6 cm³/mol. The van der Waals surface area contributed by atoms with Crippen molar-refractivity contribution in [3.8, 4) is 0 Å². The van der Waals surface area contributed by atoms with Crippen LogP contribution in [0.1, 0.15) is 19.8 Å². The van der Waals surface area contributed by atoms with Gasteiger partial charge in [-0.25, -0.2) is 0 Å². The molecule has 1 heterocycles. The molecule has 0 bridgehead atoms. The van der Waals surface area contributed by atoms with Crippen molar-refractivity contribution < 1.29 is 0 Å². The van der Waals surface area contributed by atoms with E-state index in [1.165, 1.54) is 18.4 Å². The maximum Gasteiger partial charge on any atom is 0.0434 e. The largest absolute Gasteiger partial charge is 0.328 e. The summed E-state index contributed by atoms with van der Waals surface area (Å²) in [5.41, 5.74) is 7.33. The van der Waals surface area contributed by atoms with E-state index in [0.29, 0.717) is 11.0 Å². The molecule has 1 aliphatic rings. The maximum absolute atomic E-state index is 5.89. The SMILES string of the molecule is CC(N)C1CCCN(C/C(Cl)=C/Cl)C1. The van der Waals surface area contributed by atoms with Crippen LogP contribution in [0.3, 0.4) is 0 Å². The summed E-state index contributed by atoms with van der Waals surface area (Å²) < 4.78 is 0. The number of hydrogen-bond donors (Lipinski definition) is 1. The zero-order chi connectivity index (χ0) is 10.6. The molecule has 4 heteroatoms. The number of rotatable bonds is 3. The van der Waals surface area contributed by atoms with E-state index >= 15 is 0 Å². The third-order valence-electron chi connectivity index (χ3n) is 2.78. The minimum Gasteiger partial charge on any atom is -0.328 e. The van der Waals surface area contributed by atoms with Gasteiger partial charge >= 0.3 is 0 Å². The van der Waals surface area contributed by atoms with Crippen LogP contribution in [0.5, 0.6) is 0 Å². The highest BCUT2D eigenvalue weighted by Gasteiger charge is 2.22. The molecule has 2 unspecified atom stereocenters. The molecule has 1 aliphatic heterocycles. The summed E-state index contributed by atoms with van der Waals surface area (Å²) in [6.45, 7) is 4.98. The quantitative estimate of drug-likeness (QED) is 0.816. The van der Waals surface area contributed by atoms with Gasteiger partial charge in [0.1, 0.15) is 0 Å². The highest BCUT2D eigenvalue weighted by atomic mass is 35.5. The second-order valence-corrected chi connectivity index (χ2v) is 4.76. The average Bonchev–Trinajstić information content (AvgIpc) is 2.18. The van der Waals surface area contributed by atoms with Gasteiger partial charge in [0.05, 0.1) is 0 Å². The van der Waals surface area contributed by atoms with Crippen LogP contribution in [0.25, 0.3) is 0 Å². The van der Waals surface area contributed by atoms with Gasteiger partial charge in [-0.05, 0) is 32.2 Å². The van der Waals surface area contributed by atoms with Crippen LogP contribution < -0.4 is 5.73 Å². The van der Waals surface area contributed by atoms with Crippen LogP contribution in [0.2, 0.25) is 0 Å². The van der Waals surface area contributed by atoms with Gasteiger partial charge in [-0.15, -0.1) is 0 Å². The molecular weight excluding hydrogens is 219 g/mol. The van der Waals surface area contributed by atoms with E-state index in [9.17, 15) is 0 Å². The molecule has 0 spiro atoms. The Morgan fingerprint density at radius 1 is 1.71 bits per heavy atom. The summed E-state index contributed by atoms with van der Waals surface area (Å²) in [6.07, 6.45) is 2.44. The lowest BCUT2D eigenvalue weighted by Gasteiger charge is -2.34. The molecule has 1 fully saturated rings. The van der Waals surface area contributed by atoms with E-state index in [2.05, 4.69) is 11.8 Å². The predicted octanol–water partition coefficient (Wildman–Crippen LogP) is 2.36. The third-order valence-corrected chi connectivity index (χ3v) is 3.38. The number of piperidine rings is 1. The first-order valence-electron chi connectivity index (χ1n) is 5.06. The Kier molecular flexibility index (Phi) is 5.24. The monoisotopic (exact) mass is 236 g/mol. The van der Waals surface area contributed by atoms with Crippen molar-refractivity contribution in [3.05, 3.63) is 10.6 Å². The highest BCUT2D eigenvalue weighted by Crippen LogP contribution is 2.20. The molecule has 0 aliphatic carbocycles. The van der Waals surface area contributed by atoms with Crippen LogP contribution in [-0.4, -0.2) is 30.6 Å². The molecular formula is C10H18Cl2N2. The topological polar surface area (TPSA) is 29.3 Å². The highest BCUT2D eigenvalue weighted by molar-refractivity contribution is 6.36. The van der Waals surface area contributed by atoms with Crippen LogP contribution in [0, 0.1) is 5.92 Å². The minimum atomic E-state index is 0.275. The molecule has 1 saturated heterocycles. The van der Waals surface area contributed by atoms with Gasteiger partial charge in [0.25, 0.3) is 0 Å². The third kappa shape index (κ3) is 3.77. The van der Waals surface area contributed by atoms with E-state index in [1.807, 2.05) is 0 Å². The summed E-state index contributed by atoms with van der Waals surface area (Å²) in [5.74, 6) is 0.601. The second-order valence-electron chi connectivity index (χ2n) is 4.05. The van der Waals surface area contributed by atoms with E-state index in [0.717, 1.165) is 19.6 Å². The first-order valence-corrected chi connectivity index (χ1v) is 5.87. The Bertz CT molecular complexity index is 204. The summed E-state index contributed by atoms with van der Waals surface area (Å²) in [6, 6.07) is 0.275. The lowest BCUT2D eigenvalue weighted by atomic mass is 9.92. The van der Waals surface area contributed by atoms with Gasteiger partial charge in [0.2, 0.25) is 0 Å². The number of nitrogens with two attached hydrogens (primary N) is 1.